The first-order chi connectivity index (χ1) is 9.06. The van der Waals surface area contributed by atoms with Gasteiger partial charge in [0.1, 0.15) is 0 Å². The number of urea groups is 1. The molecule has 2 amide bonds. The zero-order valence-corrected chi connectivity index (χ0v) is 10.6. The molecule has 1 unspecified atom stereocenters. The van der Waals surface area contributed by atoms with Gasteiger partial charge in [-0.15, -0.1) is 12.3 Å². The minimum atomic E-state index is -1.04. The summed E-state index contributed by atoms with van der Waals surface area (Å²) in [5.74, 6) is 1.45. The van der Waals surface area contributed by atoms with E-state index in [-0.39, 0.29) is 11.6 Å². The van der Waals surface area contributed by atoms with Gasteiger partial charge >= 0.3 is 12.0 Å². The number of hydrogen-bond acceptors (Lipinski definition) is 2. The summed E-state index contributed by atoms with van der Waals surface area (Å²) >= 11 is 0. The molecule has 0 aliphatic carbocycles. The smallest absolute Gasteiger partial charge is 0.335 e. The molecule has 19 heavy (non-hydrogen) atoms. The van der Waals surface area contributed by atoms with Crippen LogP contribution in [-0.4, -0.2) is 23.1 Å². The largest absolute Gasteiger partial charge is 0.478 e. The van der Waals surface area contributed by atoms with E-state index in [0.717, 1.165) is 6.42 Å². The number of amides is 2. The van der Waals surface area contributed by atoms with Crippen molar-refractivity contribution in [2.75, 3.05) is 5.32 Å². The van der Waals surface area contributed by atoms with E-state index in [1.54, 1.807) is 12.1 Å². The fourth-order valence-corrected chi connectivity index (χ4v) is 1.52. The predicted octanol–water partition coefficient (Wildman–Crippen LogP) is 2.31. The Labute approximate surface area is 112 Å². The van der Waals surface area contributed by atoms with Crippen LogP contribution in [0.4, 0.5) is 10.5 Å². The van der Waals surface area contributed by atoms with Crippen LogP contribution in [0.3, 0.4) is 0 Å². The van der Waals surface area contributed by atoms with E-state index < -0.39 is 12.0 Å². The van der Waals surface area contributed by atoms with E-state index in [1.807, 2.05) is 6.92 Å². The highest BCUT2D eigenvalue weighted by molar-refractivity contribution is 5.93. The van der Waals surface area contributed by atoms with E-state index in [0.29, 0.717) is 12.1 Å². The van der Waals surface area contributed by atoms with Crippen LogP contribution in [0.2, 0.25) is 0 Å². The summed E-state index contributed by atoms with van der Waals surface area (Å²) in [6, 6.07) is 5.55. The number of carboxylic acids is 1. The number of carbonyl (C=O) groups excluding carboxylic acids is 1. The monoisotopic (exact) mass is 260 g/mol. The number of benzene rings is 1. The van der Waals surface area contributed by atoms with Gasteiger partial charge in [-0.05, 0) is 24.6 Å². The second-order valence-electron chi connectivity index (χ2n) is 4.00. The van der Waals surface area contributed by atoms with Crippen molar-refractivity contribution in [2.45, 2.75) is 25.8 Å². The molecule has 100 valence electrons. The Morgan fingerprint density at radius 3 is 2.79 bits per heavy atom. The number of hydrogen-bond donors (Lipinski definition) is 3. The lowest BCUT2D eigenvalue weighted by Gasteiger charge is -2.15. The van der Waals surface area contributed by atoms with Crippen LogP contribution in [0.1, 0.15) is 30.1 Å². The predicted molar refractivity (Wildman–Crippen MR) is 73.1 cm³/mol. The highest BCUT2D eigenvalue weighted by Crippen LogP contribution is 2.10. The Morgan fingerprint density at radius 2 is 2.21 bits per heavy atom. The Hall–Kier alpha value is -2.48. The molecule has 5 heteroatoms. The lowest BCUT2D eigenvalue weighted by Crippen LogP contribution is -2.37. The third-order valence-corrected chi connectivity index (χ3v) is 2.56. The Morgan fingerprint density at radius 1 is 1.47 bits per heavy atom. The summed E-state index contributed by atoms with van der Waals surface area (Å²) in [5, 5.41) is 14.1. The van der Waals surface area contributed by atoms with Crippen LogP contribution in [0.25, 0.3) is 0 Å². The number of anilines is 1. The van der Waals surface area contributed by atoms with Crippen molar-refractivity contribution in [1.29, 1.82) is 0 Å². The van der Waals surface area contributed by atoms with Gasteiger partial charge in [-0.3, -0.25) is 0 Å². The second-order valence-corrected chi connectivity index (χ2v) is 4.00. The molecule has 0 aliphatic heterocycles. The van der Waals surface area contributed by atoms with Gasteiger partial charge in [0.15, 0.2) is 0 Å². The third kappa shape index (κ3) is 4.72. The first-order valence-electron chi connectivity index (χ1n) is 5.91. The number of nitrogens with one attached hydrogen (secondary N) is 2. The van der Waals surface area contributed by atoms with Gasteiger partial charge < -0.3 is 15.7 Å². The highest BCUT2D eigenvalue weighted by atomic mass is 16.4. The van der Waals surface area contributed by atoms with Crippen LogP contribution < -0.4 is 10.6 Å². The highest BCUT2D eigenvalue weighted by Gasteiger charge is 2.10. The topological polar surface area (TPSA) is 78.4 Å². The summed E-state index contributed by atoms with van der Waals surface area (Å²) in [4.78, 5) is 22.5. The molecule has 0 radical (unpaired) electrons. The van der Waals surface area contributed by atoms with E-state index in [1.165, 1.54) is 12.1 Å². The minimum absolute atomic E-state index is 0.0901. The number of carbonyl (C=O) groups is 2. The van der Waals surface area contributed by atoms with Gasteiger partial charge in [0.25, 0.3) is 0 Å². The van der Waals surface area contributed by atoms with Crippen LogP contribution >= 0.6 is 0 Å². The summed E-state index contributed by atoms with van der Waals surface area (Å²) < 4.78 is 0. The van der Waals surface area contributed by atoms with E-state index in [9.17, 15) is 9.59 Å². The summed E-state index contributed by atoms with van der Waals surface area (Å²) in [7, 11) is 0. The lowest BCUT2D eigenvalue weighted by atomic mass is 10.1. The molecule has 0 aliphatic rings. The van der Waals surface area contributed by atoms with Crippen LogP contribution in [0.15, 0.2) is 24.3 Å². The van der Waals surface area contributed by atoms with Crippen molar-refractivity contribution < 1.29 is 14.7 Å². The van der Waals surface area contributed by atoms with Gasteiger partial charge in [-0.2, -0.15) is 0 Å². The Balaban J connectivity index is 2.64. The fourth-order valence-electron chi connectivity index (χ4n) is 1.52. The summed E-state index contributed by atoms with van der Waals surface area (Å²) in [5.41, 5.74) is 0.543. The Bertz CT molecular complexity index is 506. The Kier molecular flexibility index (Phi) is 5.42. The average Bonchev–Trinajstić information content (AvgIpc) is 2.38. The van der Waals surface area contributed by atoms with E-state index in [2.05, 4.69) is 16.6 Å². The molecule has 1 rings (SSSR count). The number of carboxylic acid groups (broad SMARTS) is 1. The molecule has 0 fully saturated rings. The molecular formula is C14H16N2O3. The van der Waals surface area contributed by atoms with Crippen LogP contribution in [0, 0.1) is 12.3 Å². The molecule has 3 N–H and O–H groups in total. The molecule has 0 aromatic heterocycles. The molecule has 0 saturated carbocycles. The third-order valence-electron chi connectivity index (χ3n) is 2.56. The SMILES string of the molecule is C#CCC(CC)NC(=O)Nc1cccc(C(=O)O)c1. The van der Waals surface area contributed by atoms with Gasteiger partial charge in [-0.25, -0.2) is 9.59 Å². The van der Waals surface area contributed by atoms with E-state index >= 15 is 0 Å². The van der Waals surface area contributed by atoms with Gasteiger partial charge in [0.2, 0.25) is 0 Å². The number of rotatable bonds is 5. The molecule has 1 aromatic carbocycles. The summed E-state index contributed by atoms with van der Waals surface area (Å²) in [6.07, 6.45) is 6.39. The maximum Gasteiger partial charge on any atom is 0.335 e. The molecule has 0 spiro atoms. The average molecular weight is 260 g/mol. The van der Waals surface area contributed by atoms with Crippen molar-refractivity contribution in [2.24, 2.45) is 0 Å². The first kappa shape index (κ1) is 14.6. The lowest BCUT2D eigenvalue weighted by molar-refractivity contribution is 0.0697. The molecule has 0 bridgehead atoms. The van der Waals surface area contributed by atoms with Crippen molar-refractivity contribution >= 4 is 17.7 Å². The first-order valence-corrected chi connectivity index (χ1v) is 5.91. The molecule has 5 nitrogen and oxygen atoms in total. The second kappa shape index (κ2) is 7.07. The summed E-state index contributed by atoms with van der Waals surface area (Å²) in [6.45, 7) is 1.92. The molecule has 0 heterocycles. The van der Waals surface area contributed by atoms with Crippen molar-refractivity contribution in [1.82, 2.24) is 5.32 Å². The maximum atomic E-state index is 11.7. The maximum absolute atomic E-state index is 11.7. The zero-order chi connectivity index (χ0) is 14.3. The molecular weight excluding hydrogens is 244 g/mol. The van der Waals surface area contributed by atoms with Gasteiger partial charge in [-0.1, -0.05) is 13.0 Å². The number of aromatic carboxylic acids is 1. The zero-order valence-electron chi connectivity index (χ0n) is 10.6. The number of terminal acetylenes is 1. The van der Waals surface area contributed by atoms with Crippen LogP contribution in [0.5, 0.6) is 0 Å². The molecule has 1 atom stereocenters. The fraction of sp³-hybridized carbons (Fsp3) is 0.286. The van der Waals surface area contributed by atoms with Crippen molar-refractivity contribution in [3.05, 3.63) is 29.8 Å². The van der Waals surface area contributed by atoms with Crippen molar-refractivity contribution in [3.63, 3.8) is 0 Å². The van der Waals surface area contributed by atoms with Crippen molar-refractivity contribution in [3.8, 4) is 12.3 Å². The normalized spacial score (nSPS) is 11.2. The van der Waals surface area contributed by atoms with Gasteiger partial charge in [0.05, 0.1) is 5.56 Å². The van der Waals surface area contributed by atoms with Crippen LogP contribution in [-0.2, 0) is 0 Å². The van der Waals surface area contributed by atoms with Gasteiger partial charge in [0, 0.05) is 18.2 Å². The quantitative estimate of drug-likeness (QED) is 0.711. The minimum Gasteiger partial charge on any atom is -0.478 e. The standard InChI is InChI=1S/C14H16N2O3/c1-3-6-11(4-2)15-14(19)16-12-8-5-7-10(9-12)13(17)18/h1,5,7-9,11H,4,6H2,2H3,(H,17,18)(H2,15,16,19). The molecule has 1 aromatic rings. The van der Waals surface area contributed by atoms with E-state index in [4.69, 9.17) is 11.5 Å². The molecule has 0 saturated heterocycles.